The number of ether oxygens (including phenoxy) is 1. The molecule has 0 fully saturated rings. The summed E-state index contributed by atoms with van der Waals surface area (Å²) in [6.07, 6.45) is 0. The summed E-state index contributed by atoms with van der Waals surface area (Å²) >= 11 is 3.66. The average molecular weight is 320 g/mol. The first-order valence-electron chi connectivity index (χ1n) is 5.87. The van der Waals surface area contributed by atoms with Crippen molar-refractivity contribution in [1.29, 1.82) is 0 Å². The number of para-hydroxylation sites is 1. The molecule has 3 nitrogen and oxygen atoms in total. The van der Waals surface area contributed by atoms with Gasteiger partial charge in [0.2, 0.25) is 0 Å². The number of primary amides is 1. The lowest BCUT2D eigenvalue weighted by atomic mass is 10.0. The van der Waals surface area contributed by atoms with Gasteiger partial charge in [-0.15, -0.1) is 0 Å². The number of alkyl halides is 1. The third-order valence-electron chi connectivity index (χ3n) is 2.65. The van der Waals surface area contributed by atoms with Gasteiger partial charge in [0.1, 0.15) is 5.75 Å². The Hall–Kier alpha value is -1.81. The third kappa shape index (κ3) is 3.58. The predicted molar refractivity (Wildman–Crippen MR) is 78.3 cm³/mol. The molecule has 1 atom stereocenters. The smallest absolute Gasteiger partial charge is 0.255 e. The van der Waals surface area contributed by atoms with Gasteiger partial charge < -0.3 is 10.5 Å². The van der Waals surface area contributed by atoms with Crippen LogP contribution in [-0.2, 0) is 4.79 Å². The summed E-state index contributed by atoms with van der Waals surface area (Å²) in [5.41, 5.74) is 7.19. The zero-order valence-corrected chi connectivity index (χ0v) is 11.8. The highest BCUT2D eigenvalue weighted by Gasteiger charge is 2.15. The van der Waals surface area contributed by atoms with Crippen LogP contribution in [0.4, 0.5) is 0 Å². The van der Waals surface area contributed by atoms with Crippen molar-refractivity contribution in [3.05, 3.63) is 65.7 Å². The van der Waals surface area contributed by atoms with Crippen LogP contribution >= 0.6 is 15.9 Å². The van der Waals surface area contributed by atoms with Crippen LogP contribution in [0.5, 0.6) is 5.75 Å². The van der Waals surface area contributed by atoms with Crippen molar-refractivity contribution in [2.24, 2.45) is 5.73 Å². The van der Waals surface area contributed by atoms with Gasteiger partial charge >= 0.3 is 0 Å². The maximum absolute atomic E-state index is 10.8. The van der Waals surface area contributed by atoms with E-state index in [0.717, 1.165) is 11.1 Å². The van der Waals surface area contributed by atoms with Crippen LogP contribution in [0.2, 0.25) is 0 Å². The lowest BCUT2D eigenvalue weighted by molar-refractivity contribution is -0.119. The molecule has 0 aliphatic rings. The molecule has 0 aromatic heterocycles. The quantitative estimate of drug-likeness (QED) is 0.861. The summed E-state index contributed by atoms with van der Waals surface area (Å²) in [5.74, 6) is 0.174. The summed E-state index contributed by atoms with van der Waals surface area (Å²) in [5, 5.41) is 0. The number of hydrogen-bond donors (Lipinski definition) is 1. The van der Waals surface area contributed by atoms with Crippen LogP contribution in [0.25, 0.3) is 0 Å². The Balaban J connectivity index is 2.26. The molecule has 0 bridgehead atoms. The van der Waals surface area contributed by atoms with Crippen molar-refractivity contribution in [3.63, 3.8) is 0 Å². The van der Waals surface area contributed by atoms with Crippen LogP contribution < -0.4 is 10.5 Å². The monoisotopic (exact) mass is 319 g/mol. The van der Waals surface area contributed by atoms with E-state index in [0.29, 0.717) is 5.75 Å². The molecular weight excluding hydrogens is 306 g/mol. The molecule has 2 rings (SSSR count). The average Bonchev–Trinajstić information content (AvgIpc) is 2.45. The zero-order valence-electron chi connectivity index (χ0n) is 10.3. The summed E-state index contributed by atoms with van der Waals surface area (Å²) in [7, 11) is 0. The molecule has 0 saturated heterocycles. The van der Waals surface area contributed by atoms with Crippen LogP contribution in [0.15, 0.2) is 54.6 Å². The number of nitrogens with two attached hydrogens (primary N) is 1. The zero-order chi connectivity index (χ0) is 13.7. The van der Waals surface area contributed by atoms with Gasteiger partial charge in [-0.05, 0) is 11.6 Å². The number of hydrogen-bond acceptors (Lipinski definition) is 2. The van der Waals surface area contributed by atoms with Gasteiger partial charge in [0.15, 0.2) is 6.61 Å². The standard InChI is InChI=1S/C15H14BrNO2/c16-15(11-6-2-1-3-7-11)12-8-4-5-9-13(12)19-10-14(17)18/h1-9,15H,10H2,(H2,17,18). The summed E-state index contributed by atoms with van der Waals surface area (Å²) < 4.78 is 5.44. The van der Waals surface area contributed by atoms with Crippen LogP contribution in [-0.4, -0.2) is 12.5 Å². The maximum atomic E-state index is 10.8. The van der Waals surface area contributed by atoms with Crippen molar-refractivity contribution in [1.82, 2.24) is 0 Å². The van der Waals surface area contributed by atoms with Crippen LogP contribution in [0.3, 0.4) is 0 Å². The van der Waals surface area contributed by atoms with Crippen molar-refractivity contribution < 1.29 is 9.53 Å². The fourth-order valence-electron chi connectivity index (χ4n) is 1.77. The Bertz CT molecular complexity index is 557. The number of rotatable bonds is 5. The normalized spacial score (nSPS) is 11.8. The SMILES string of the molecule is NC(=O)COc1ccccc1C(Br)c1ccccc1. The first-order valence-corrected chi connectivity index (χ1v) is 6.79. The molecule has 98 valence electrons. The number of carbonyl (C=O) groups excluding carboxylic acids is 1. The van der Waals surface area contributed by atoms with Gasteiger partial charge in [0.05, 0.1) is 4.83 Å². The van der Waals surface area contributed by atoms with Crippen molar-refractivity contribution in [3.8, 4) is 5.75 Å². The number of benzene rings is 2. The second-order valence-electron chi connectivity index (χ2n) is 4.07. The van der Waals surface area contributed by atoms with E-state index in [1.807, 2.05) is 54.6 Å². The molecule has 1 amide bonds. The van der Waals surface area contributed by atoms with Crippen LogP contribution in [0, 0.1) is 0 Å². The second kappa shape index (κ2) is 6.38. The summed E-state index contributed by atoms with van der Waals surface area (Å²) in [4.78, 5) is 10.8. The van der Waals surface area contributed by atoms with Gasteiger partial charge in [-0.3, -0.25) is 4.79 Å². The largest absolute Gasteiger partial charge is 0.483 e. The second-order valence-corrected chi connectivity index (χ2v) is 4.98. The Morgan fingerprint density at radius 2 is 1.74 bits per heavy atom. The Morgan fingerprint density at radius 3 is 2.42 bits per heavy atom. The Kier molecular flexibility index (Phi) is 4.58. The lowest BCUT2D eigenvalue weighted by Crippen LogP contribution is -2.20. The van der Waals surface area contributed by atoms with Gasteiger partial charge in [0, 0.05) is 5.56 Å². The molecule has 0 saturated carbocycles. The first kappa shape index (κ1) is 13.6. The summed E-state index contributed by atoms with van der Waals surface area (Å²) in [6.45, 7) is -0.120. The third-order valence-corrected chi connectivity index (χ3v) is 3.68. The minimum absolute atomic E-state index is 0.0118. The van der Waals surface area contributed by atoms with E-state index in [1.165, 1.54) is 0 Å². The molecule has 4 heteroatoms. The van der Waals surface area contributed by atoms with E-state index >= 15 is 0 Å². The van der Waals surface area contributed by atoms with E-state index in [9.17, 15) is 4.79 Å². The van der Waals surface area contributed by atoms with Crippen molar-refractivity contribution >= 4 is 21.8 Å². The molecule has 0 radical (unpaired) electrons. The Labute approximate surface area is 120 Å². The minimum Gasteiger partial charge on any atom is -0.483 e. The molecule has 0 spiro atoms. The number of carbonyl (C=O) groups is 1. The molecule has 0 aliphatic carbocycles. The van der Waals surface area contributed by atoms with E-state index in [2.05, 4.69) is 15.9 Å². The van der Waals surface area contributed by atoms with Gasteiger partial charge in [-0.25, -0.2) is 0 Å². The highest BCUT2D eigenvalue weighted by Crippen LogP contribution is 2.36. The van der Waals surface area contributed by atoms with Crippen molar-refractivity contribution in [2.45, 2.75) is 4.83 Å². The molecule has 2 N–H and O–H groups in total. The van der Waals surface area contributed by atoms with Gasteiger partial charge in [-0.1, -0.05) is 64.5 Å². The first-order chi connectivity index (χ1) is 9.18. The molecule has 0 heterocycles. The van der Waals surface area contributed by atoms with Gasteiger partial charge in [0.25, 0.3) is 5.91 Å². The topological polar surface area (TPSA) is 52.3 Å². The molecule has 2 aromatic rings. The number of halogens is 1. The highest BCUT2D eigenvalue weighted by atomic mass is 79.9. The van der Waals surface area contributed by atoms with Crippen molar-refractivity contribution in [2.75, 3.05) is 6.61 Å². The summed E-state index contributed by atoms with van der Waals surface area (Å²) in [6, 6.07) is 17.6. The van der Waals surface area contributed by atoms with Crippen LogP contribution in [0.1, 0.15) is 16.0 Å². The van der Waals surface area contributed by atoms with Gasteiger partial charge in [-0.2, -0.15) is 0 Å². The molecule has 1 unspecified atom stereocenters. The van der Waals surface area contributed by atoms with E-state index in [4.69, 9.17) is 10.5 Å². The molecular formula is C15H14BrNO2. The van der Waals surface area contributed by atoms with E-state index < -0.39 is 5.91 Å². The molecule has 2 aromatic carbocycles. The number of amides is 1. The molecule has 19 heavy (non-hydrogen) atoms. The predicted octanol–water partition coefficient (Wildman–Crippen LogP) is 3.04. The Morgan fingerprint density at radius 1 is 1.11 bits per heavy atom. The van der Waals surface area contributed by atoms with E-state index in [1.54, 1.807) is 0 Å². The fraction of sp³-hybridized carbons (Fsp3) is 0.133. The molecule has 0 aliphatic heterocycles. The fourth-order valence-corrected chi connectivity index (χ4v) is 2.46. The lowest BCUT2D eigenvalue weighted by Gasteiger charge is -2.15. The van der Waals surface area contributed by atoms with E-state index in [-0.39, 0.29) is 11.4 Å². The maximum Gasteiger partial charge on any atom is 0.255 e. The highest BCUT2D eigenvalue weighted by molar-refractivity contribution is 9.09. The minimum atomic E-state index is -0.486.